The molecule has 0 fully saturated rings. The van der Waals surface area contributed by atoms with Gasteiger partial charge in [0, 0.05) is 24.4 Å². The highest BCUT2D eigenvalue weighted by Crippen LogP contribution is 2.18. The predicted octanol–water partition coefficient (Wildman–Crippen LogP) is 3.46. The van der Waals surface area contributed by atoms with Crippen LogP contribution in [0.1, 0.15) is 35.3 Å². The smallest absolute Gasteiger partial charge is 0.0422 e. The second kappa shape index (κ2) is 6.48. The standard InChI is InChI=1S/C17H22N2/c1-4-14-8-9-16(19-12-14)11-17(18-3)15-7-5-6-13(2)10-15/h5-10,12,17-18H,4,11H2,1-3H3. The van der Waals surface area contributed by atoms with Crippen LogP contribution in [0.3, 0.4) is 0 Å². The van der Waals surface area contributed by atoms with Gasteiger partial charge in [-0.15, -0.1) is 0 Å². The highest BCUT2D eigenvalue weighted by atomic mass is 14.9. The minimum Gasteiger partial charge on any atom is -0.313 e. The Balaban J connectivity index is 2.14. The van der Waals surface area contributed by atoms with Crippen LogP contribution >= 0.6 is 0 Å². The summed E-state index contributed by atoms with van der Waals surface area (Å²) in [5.74, 6) is 0. The van der Waals surface area contributed by atoms with Crippen molar-refractivity contribution in [1.29, 1.82) is 0 Å². The van der Waals surface area contributed by atoms with Gasteiger partial charge in [-0.2, -0.15) is 0 Å². The van der Waals surface area contributed by atoms with Crippen LogP contribution in [0.25, 0.3) is 0 Å². The zero-order chi connectivity index (χ0) is 13.7. The van der Waals surface area contributed by atoms with E-state index in [1.165, 1.54) is 16.7 Å². The molecule has 0 aliphatic carbocycles. The van der Waals surface area contributed by atoms with Gasteiger partial charge in [-0.3, -0.25) is 4.98 Å². The summed E-state index contributed by atoms with van der Waals surface area (Å²) in [6, 6.07) is 13.3. The van der Waals surface area contributed by atoms with Gasteiger partial charge in [0.05, 0.1) is 0 Å². The van der Waals surface area contributed by atoms with E-state index in [0.717, 1.165) is 18.5 Å². The predicted molar refractivity (Wildman–Crippen MR) is 80.3 cm³/mol. The largest absolute Gasteiger partial charge is 0.313 e. The summed E-state index contributed by atoms with van der Waals surface area (Å²) in [7, 11) is 2.01. The lowest BCUT2D eigenvalue weighted by molar-refractivity contribution is 0.584. The Hall–Kier alpha value is -1.67. The van der Waals surface area contributed by atoms with E-state index in [2.05, 4.69) is 60.5 Å². The van der Waals surface area contributed by atoms with Gasteiger partial charge in [-0.25, -0.2) is 0 Å². The summed E-state index contributed by atoms with van der Waals surface area (Å²) in [4.78, 5) is 4.55. The third-order valence-electron chi connectivity index (χ3n) is 3.50. The molecule has 2 rings (SSSR count). The molecule has 0 saturated heterocycles. The summed E-state index contributed by atoms with van der Waals surface area (Å²) in [5, 5.41) is 3.38. The van der Waals surface area contributed by atoms with Crippen LogP contribution in [0.2, 0.25) is 0 Å². The van der Waals surface area contributed by atoms with Gasteiger partial charge in [-0.1, -0.05) is 42.8 Å². The molecule has 100 valence electrons. The Morgan fingerprint density at radius 1 is 1.21 bits per heavy atom. The Bertz CT molecular complexity index is 517. The number of benzene rings is 1. The van der Waals surface area contributed by atoms with E-state index in [-0.39, 0.29) is 0 Å². The molecule has 19 heavy (non-hydrogen) atoms. The molecule has 2 heteroatoms. The molecule has 2 aromatic rings. The van der Waals surface area contributed by atoms with Crippen molar-refractivity contribution >= 4 is 0 Å². The number of nitrogens with one attached hydrogen (secondary N) is 1. The van der Waals surface area contributed by atoms with Gasteiger partial charge in [0.2, 0.25) is 0 Å². The number of nitrogens with zero attached hydrogens (tertiary/aromatic N) is 1. The zero-order valence-corrected chi connectivity index (χ0v) is 12.0. The summed E-state index contributed by atoms with van der Waals surface area (Å²) in [5.41, 5.74) is 5.05. The van der Waals surface area contributed by atoms with Crippen LogP contribution in [0.15, 0.2) is 42.6 Å². The Kier molecular flexibility index (Phi) is 4.69. The molecule has 1 unspecified atom stereocenters. The van der Waals surface area contributed by atoms with Crippen LogP contribution in [0.4, 0.5) is 0 Å². The first-order valence-electron chi connectivity index (χ1n) is 6.90. The molecule has 0 amide bonds. The second-order valence-corrected chi connectivity index (χ2v) is 4.97. The number of rotatable bonds is 5. The molecule has 2 nitrogen and oxygen atoms in total. The van der Waals surface area contributed by atoms with E-state index >= 15 is 0 Å². The van der Waals surface area contributed by atoms with E-state index in [1.54, 1.807) is 0 Å². The highest BCUT2D eigenvalue weighted by molar-refractivity contribution is 5.26. The maximum atomic E-state index is 4.55. The zero-order valence-electron chi connectivity index (χ0n) is 12.0. The van der Waals surface area contributed by atoms with Crippen LogP contribution in [-0.4, -0.2) is 12.0 Å². The van der Waals surface area contributed by atoms with E-state index in [0.29, 0.717) is 6.04 Å². The van der Waals surface area contributed by atoms with E-state index in [9.17, 15) is 0 Å². The normalized spacial score (nSPS) is 12.4. The van der Waals surface area contributed by atoms with Crippen molar-refractivity contribution in [3.63, 3.8) is 0 Å². The molecule has 0 radical (unpaired) electrons. The maximum absolute atomic E-state index is 4.55. The number of hydrogen-bond donors (Lipinski definition) is 1. The Labute approximate surface area is 115 Å². The number of aromatic nitrogens is 1. The Morgan fingerprint density at radius 3 is 2.63 bits per heavy atom. The van der Waals surface area contributed by atoms with Crippen molar-refractivity contribution in [2.24, 2.45) is 0 Å². The fourth-order valence-electron chi connectivity index (χ4n) is 2.27. The molecule has 0 aliphatic heterocycles. The molecular formula is C17H22N2. The number of pyridine rings is 1. The molecule has 0 spiro atoms. The average molecular weight is 254 g/mol. The highest BCUT2D eigenvalue weighted by Gasteiger charge is 2.10. The third-order valence-corrected chi connectivity index (χ3v) is 3.50. The van der Waals surface area contributed by atoms with Gasteiger partial charge in [0.25, 0.3) is 0 Å². The van der Waals surface area contributed by atoms with Crippen molar-refractivity contribution < 1.29 is 0 Å². The topological polar surface area (TPSA) is 24.9 Å². The van der Waals surface area contributed by atoms with Crippen LogP contribution < -0.4 is 5.32 Å². The second-order valence-electron chi connectivity index (χ2n) is 4.97. The van der Waals surface area contributed by atoms with E-state index in [1.807, 2.05) is 13.2 Å². The molecule has 1 aromatic heterocycles. The molecular weight excluding hydrogens is 232 g/mol. The Morgan fingerprint density at radius 2 is 2.05 bits per heavy atom. The SMILES string of the molecule is CCc1ccc(CC(NC)c2cccc(C)c2)nc1. The molecule has 0 bridgehead atoms. The molecule has 0 aliphatic rings. The molecule has 0 saturated carbocycles. The van der Waals surface area contributed by atoms with E-state index < -0.39 is 0 Å². The monoisotopic (exact) mass is 254 g/mol. The fraction of sp³-hybridized carbons (Fsp3) is 0.353. The maximum Gasteiger partial charge on any atom is 0.0422 e. The lowest BCUT2D eigenvalue weighted by atomic mass is 10.00. The van der Waals surface area contributed by atoms with Crippen LogP contribution in [0, 0.1) is 6.92 Å². The average Bonchev–Trinajstić information content (AvgIpc) is 2.45. The molecule has 1 N–H and O–H groups in total. The molecule has 1 atom stereocenters. The summed E-state index contributed by atoms with van der Waals surface area (Å²) < 4.78 is 0. The van der Waals surface area contributed by atoms with Crippen molar-refractivity contribution in [3.05, 3.63) is 65.0 Å². The van der Waals surface area contributed by atoms with Crippen LogP contribution in [-0.2, 0) is 12.8 Å². The van der Waals surface area contributed by atoms with Crippen molar-refractivity contribution in [1.82, 2.24) is 10.3 Å². The van der Waals surface area contributed by atoms with Gasteiger partial charge in [-0.05, 0) is 37.6 Å². The minimum atomic E-state index is 0.319. The van der Waals surface area contributed by atoms with Gasteiger partial charge in [0.15, 0.2) is 0 Å². The van der Waals surface area contributed by atoms with Crippen LogP contribution in [0.5, 0.6) is 0 Å². The molecule has 1 aromatic carbocycles. The summed E-state index contributed by atoms with van der Waals surface area (Å²) in [6.45, 7) is 4.28. The van der Waals surface area contributed by atoms with Gasteiger partial charge >= 0.3 is 0 Å². The lowest BCUT2D eigenvalue weighted by Crippen LogP contribution is -2.19. The number of likely N-dealkylation sites (N-methyl/N-ethyl adjacent to an activating group) is 1. The van der Waals surface area contributed by atoms with Crippen molar-refractivity contribution in [2.75, 3.05) is 7.05 Å². The van der Waals surface area contributed by atoms with Gasteiger partial charge < -0.3 is 5.32 Å². The van der Waals surface area contributed by atoms with Crippen molar-refractivity contribution in [2.45, 2.75) is 32.7 Å². The van der Waals surface area contributed by atoms with Gasteiger partial charge in [0.1, 0.15) is 0 Å². The quantitative estimate of drug-likeness (QED) is 0.884. The lowest BCUT2D eigenvalue weighted by Gasteiger charge is -2.17. The van der Waals surface area contributed by atoms with Crippen molar-refractivity contribution in [3.8, 4) is 0 Å². The first-order chi connectivity index (χ1) is 9.22. The fourth-order valence-corrected chi connectivity index (χ4v) is 2.27. The first-order valence-corrected chi connectivity index (χ1v) is 6.90. The van der Waals surface area contributed by atoms with E-state index in [4.69, 9.17) is 0 Å². The number of aryl methyl sites for hydroxylation is 2. The number of hydrogen-bond acceptors (Lipinski definition) is 2. The summed E-state index contributed by atoms with van der Waals surface area (Å²) >= 11 is 0. The first kappa shape index (κ1) is 13.8. The molecule has 1 heterocycles. The summed E-state index contributed by atoms with van der Waals surface area (Å²) in [6.07, 6.45) is 3.95. The third kappa shape index (κ3) is 3.65. The minimum absolute atomic E-state index is 0.319.